The van der Waals surface area contributed by atoms with Crippen molar-refractivity contribution in [2.24, 2.45) is 0 Å². The van der Waals surface area contributed by atoms with E-state index < -0.39 is 15.9 Å². The molecular weight excluding hydrogens is 362 g/mol. The first-order valence-electron chi connectivity index (χ1n) is 7.30. The number of amides is 1. The molecule has 0 spiro atoms. The van der Waals surface area contributed by atoms with Crippen molar-refractivity contribution in [1.29, 1.82) is 0 Å². The molecule has 0 saturated heterocycles. The Hall–Kier alpha value is -2.64. The Labute approximate surface area is 150 Å². The van der Waals surface area contributed by atoms with Gasteiger partial charge in [0.1, 0.15) is 5.69 Å². The zero-order valence-corrected chi connectivity index (χ0v) is 14.8. The van der Waals surface area contributed by atoms with Crippen LogP contribution in [0.15, 0.2) is 66.0 Å². The van der Waals surface area contributed by atoms with Crippen molar-refractivity contribution in [2.45, 2.75) is 11.8 Å². The maximum Gasteiger partial charge on any atom is 0.274 e. The van der Waals surface area contributed by atoms with E-state index in [2.05, 4.69) is 10.3 Å². The van der Waals surface area contributed by atoms with Gasteiger partial charge in [-0.15, -0.1) is 0 Å². The van der Waals surface area contributed by atoms with Crippen molar-refractivity contribution in [1.82, 2.24) is 8.96 Å². The molecule has 0 saturated carbocycles. The van der Waals surface area contributed by atoms with Gasteiger partial charge < -0.3 is 5.32 Å². The third kappa shape index (κ3) is 3.57. The van der Waals surface area contributed by atoms with E-state index in [0.717, 1.165) is 9.54 Å². The first-order chi connectivity index (χ1) is 11.9. The van der Waals surface area contributed by atoms with Gasteiger partial charge in [0, 0.05) is 23.6 Å². The molecule has 0 aliphatic rings. The van der Waals surface area contributed by atoms with E-state index in [1.165, 1.54) is 36.8 Å². The van der Waals surface area contributed by atoms with Crippen LogP contribution in [0.4, 0.5) is 5.69 Å². The summed E-state index contributed by atoms with van der Waals surface area (Å²) in [7, 11) is -3.79. The van der Waals surface area contributed by atoms with Gasteiger partial charge in [-0.05, 0) is 42.8 Å². The van der Waals surface area contributed by atoms with E-state index in [1.54, 1.807) is 31.2 Å². The van der Waals surface area contributed by atoms with Gasteiger partial charge in [-0.1, -0.05) is 23.7 Å². The van der Waals surface area contributed by atoms with E-state index >= 15 is 0 Å². The molecule has 0 bridgehead atoms. The fourth-order valence-corrected chi connectivity index (χ4v) is 3.62. The fourth-order valence-electron chi connectivity index (χ4n) is 2.15. The second-order valence-corrected chi connectivity index (χ2v) is 7.57. The monoisotopic (exact) mass is 375 g/mol. The first-order valence-corrected chi connectivity index (χ1v) is 9.12. The molecule has 1 N–H and O–H groups in total. The molecule has 2 heterocycles. The van der Waals surface area contributed by atoms with Crippen LogP contribution in [0.3, 0.4) is 0 Å². The molecule has 3 rings (SSSR count). The third-order valence-corrected chi connectivity index (χ3v) is 5.58. The Morgan fingerprint density at radius 2 is 2.00 bits per heavy atom. The molecule has 0 aliphatic carbocycles. The SMILES string of the molecule is Cc1ccc(S(=O)(=O)n2ccc(NC(=O)c3ccccn3)c2)cc1Cl. The molecule has 0 fully saturated rings. The number of nitrogens with zero attached hydrogens (tertiary/aromatic N) is 2. The number of aromatic nitrogens is 2. The highest BCUT2D eigenvalue weighted by atomic mass is 35.5. The summed E-state index contributed by atoms with van der Waals surface area (Å²) in [4.78, 5) is 16.1. The molecule has 6 nitrogen and oxygen atoms in total. The first kappa shape index (κ1) is 17.2. The average molecular weight is 376 g/mol. The highest BCUT2D eigenvalue weighted by Gasteiger charge is 2.18. The lowest BCUT2D eigenvalue weighted by Gasteiger charge is -2.07. The molecule has 25 heavy (non-hydrogen) atoms. The predicted molar refractivity (Wildman–Crippen MR) is 95.4 cm³/mol. The quantitative estimate of drug-likeness (QED) is 0.758. The number of hydrogen-bond acceptors (Lipinski definition) is 4. The molecule has 0 atom stereocenters. The standard InChI is InChI=1S/C17H14ClN3O3S/c1-12-5-6-14(10-15(12)18)25(23,24)21-9-7-13(11-21)20-17(22)16-4-2-3-8-19-16/h2-11H,1H3,(H,20,22). The van der Waals surface area contributed by atoms with Crippen molar-refractivity contribution >= 4 is 33.2 Å². The summed E-state index contributed by atoms with van der Waals surface area (Å²) in [6.45, 7) is 1.79. The minimum atomic E-state index is -3.79. The Morgan fingerprint density at radius 1 is 1.20 bits per heavy atom. The predicted octanol–water partition coefficient (Wildman–Crippen LogP) is 3.33. The third-order valence-electron chi connectivity index (χ3n) is 3.54. The summed E-state index contributed by atoms with van der Waals surface area (Å²) in [5.41, 5.74) is 1.37. The number of carbonyl (C=O) groups is 1. The van der Waals surface area contributed by atoms with E-state index in [4.69, 9.17) is 11.6 Å². The number of aryl methyl sites for hydroxylation is 1. The van der Waals surface area contributed by atoms with Crippen LogP contribution in [-0.2, 0) is 10.0 Å². The van der Waals surface area contributed by atoms with Gasteiger partial charge in [0.15, 0.2) is 0 Å². The second kappa shape index (κ2) is 6.70. The molecule has 0 radical (unpaired) electrons. The molecule has 8 heteroatoms. The number of hydrogen-bond donors (Lipinski definition) is 1. The van der Waals surface area contributed by atoms with Crippen molar-refractivity contribution in [3.05, 3.63) is 77.3 Å². The Balaban J connectivity index is 1.85. The van der Waals surface area contributed by atoms with Crippen molar-refractivity contribution < 1.29 is 13.2 Å². The van der Waals surface area contributed by atoms with E-state index in [0.29, 0.717) is 10.7 Å². The van der Waals surface area contributed by atoms with Gasteiger partial charge in [0.2, 0.25) is 0 Å². The topological polar surface area (TPSA) is 81.1 Å². The summed E-state index contributed by atoms with van der Waals surface area (Å²) in [6.07, 6.45) is 4.19. The molecule has 2 aromatic heterocycles. The highest BCUT2D eigenvalue weighted by Crippen LogP contribution is 2.23. The van der Waals surface area contributed by atoms with Crippen molar-refractivity contribution in [2.75, 3.05) is 5.32 Å². The van der Waals surface area contributed by atoms with Gasteiger partial charge >= 0.3 is 0 Å². The number of pyridine rings is 1. The van der Waals surface area contributed by atoms with Gasteiger partial charge in [-0.25, -0.2) is 12.4 Å². The molecule has 0 unspecified atom stereocenters. The van der Waals surface area contributed by atoms with Crippen LogP contribution in [0.2, 0.25) is 5.02 Å². The number of benzene rings is 1. The van der Waals surface area contributed by atoms with Crippen molar-refractivity contribution in [3.8, 4) is 0 Å². The molecule has 1 aromatic carbocycles. The minimum absolute atomic E-state index is 0.0707. The lowest BCUT2D eigenvalue weighted by Crippen LogP contribution is -2.14. The summed E-state index contributed by atoms with van der Waals surface area (Å²) in [5.74, 6) is -0.422. The Bertz CT molecular complexity index is 1030. The Morgan fingerprint density at radius 3 is 2.68 bits per heavy atom. The summed E-state index contributed by atoms with van der Waals surface area (Å²) < 4.78 is 26.3. The zero-order chi connectivity index (χ0) is 18.0. The molecule has 128 valence electrons. The number of nitrogens with one attached hydrogen (secondary N) is 1. The summed E-state index contributed by atoms with van der Waals surface area (Å²) in [5, 5.41) is 2.98. The zero-order valence-electron chi connectivity index (χ0n) is 13.2. The number of halogens is 1. The van der Waals surface area contributed by atoms with Crippen LogP contribution < -0.4 is 5.32 Å². The second-order valence-electron chi connectivity index (χ2n) is 5.32. The van der Waals surface area contributed by atoms with Gasteiger partial charge in [0.05, 0.1) is 10.6 Å². The van der Waals surface area contributed by atoms with Crippen LogP contribution >= 0.6 is 11.6 Å². The van der Waals surface area contributed by atoms with Crippen LogP contribution in [0.1, 0.15) is 16.1 Å². The fraction of sp³-hybridized carbons (Fsp3) is 0.0588. The number of rotatable bonds is 4. The maximum atomic E-state index is 12.6. The van der Waals surface area contributed by atoms with Crippen LogP contribution in [-0.4, -0.2) is 23.3 Å². The minimum Gasteiger partial charge on any atom is -0.319 e. The molecular formula is C17H14ClN3O3S. The normalized spacial score (nSPS) is 11.3. The lowest BCUT2D eigenvalue weighted by atomic mass is 10.2. The van der Waals surface area contributed by atoms with E-state index in [9.17, 15) is 13.2 Å². The number of carbonyl (C=O) groups excluding carboxylic acids is 1. The lowest BCUT2D eigenvalue weighted by molar-refractivity contribution is 0.102. The van der Waals surface area contributed by atoms with Gasteiger partial charge in [-0.2, -0.15) is 0 Å². The highest BCUT2D eigenvalue weighted by molar-refractivity contribution is 7.90. The molecule has 0 aliphatic heterocycles. The van der Waals surface area contributed by atoms with Crippen LogP contribution in [0, 0.1) is 6.92 Å². The number of anilines is 1. The van der Waals surface area contributed by atoms with Gasteiger partial charge in [-0.3, -0.25) is 9.78 Å². The van der Waals surface area contributed by atoms with Crippen LogP contribution in [0.25, 0.3) is 0 Å². The smallest absolute Gasteiger partial charge is 0.274 e. The van der Waals surface area contributed by atoms with Crippen molar-refractivity contribution in [3.63, 3.8) is 0 Å². The largest absolute Gasteiger partial charge is 0.319 e. The Kier molecular flexibility index (Phi) is 4.61. The van der Waals surface area contributed by atoms with E-state index in [-0.39, 0.29) is 10.6 Å². The average Bonchev–Trinajstić information content (AvgIpc) is 3.07. The summed E-state index contributed by atoms with van der Waals surface area (Å²) in [6, 6.07) is 11.0. The van der Waals surface area contributed by atoms with Gasteiger partial charge in [0.25, 0.3) is 15.9 Å². The maximum absolute atomic E-state index is 12.6. The molecule has 1 amide bonds. The molecule has 3 aromatic rings. The van der Waals surface area contributed by atoms with E-state index in [1.807, 2.05) is 0 Å². The van der Waals surface area contributed by atoms with Crippen LogP contribution in [0.5, 0.6) is 0 Å². The summed E-state index contributed by atoms with van der Waals surface area (Å²) >= 11 is 6.01.